The number of carbonyl (C=O) groups is 1. The molecule has 1 atom stereocenters. The highest BCUT2D eigenvalue weighted by molar-refractivity contribution is 7.16. The Morgan fingerprint density at radius 3 is 2.63 bits per heavy atom. The molecule has 0 saturated heterocycles. The lowest BCUT2D eigenvalue weighted by molar-refractivity contribution is 0.0671. The van der Waals surface area contributed by atoms with Crippen LogP contribution in [0.1, 0.15) is 34.6 Å². The zero-order valence-electron chi connectivity index (χ0n) is 14.9. The van der Waals surface area contributed by atoms with Gasteiger partial charge in [0.25, 0.3) is 5.91 Å². The summed E-state index contributed by atoms with van der Waals surface area (Å²) in [4.78, 5) is 24.0. The van der Waals surface area contributed by atoms with Gasteiger partial charge in [-0.25, -0.2) is 4.98 Å². The number of fused-ring (bicyclic) bond motifs is 1. The predicted molar refractivity (Wildman–Crippen MR) is 109 cm³/mol. The van der Waals surface area contributed by atoms with Crippen molar-refractivity contribution in [3.05, 3.63) is 95.3 Å². The lowest BCUT2D eigenvalue weighted by Crippen LogP contribution is -2.33. The number of rotatable bonds is 5. The van der Waals surface area contributed by atoms with Gasteiger partial charge in [0.15, 0.2) is 0 Å². The average Bonchev–Trinajstić information content (AvgIpc) is 3.20. The zero-order chi connectivity index (χ0) is 18.6. The maximum Gasteiger partial charge on any atom is 0.254 e. The van der Waals surface area contributed by atoms with Crippen molar-refractivity contribution in [2.24, 2.45) is 0 Å². The molecule has 5 heteroatoms. The van der Waals surface area contributed by atoms with Crippen LogP contribution in [0.25, 0.3) is 10.2 Å². The molecule has 0 fully saturated rings. The number of thiazole rings is 1. The van der Waals surface area contributed by atoms with Crippen molar-refractivity contribution in [3.63, 3.8) is 0 Å². The molecule has 0 unspecified atom stereocenters. The van der Waals surface area contributed by atoms with E-state index in [2.05, 4.69) is 29.0 Å². The van der Waals surface area contributed by atoms with Crippen LogP contribution in [0.4, 0.5) is 0 Å². The van der Waals surface area contributed by atoms with Gasteiger partial charge < -0.3 is 4.90 Å². The standard InChI is InChI=1S/C22H19N3OS/c1-16(17-7-3-2-4-8-17)25(14-19-9-5-6-12-23-19)22(26)18-10-11-20-21(13-18)27-15-24-20/h2-13,15-16H,14H2,1H3/t16-/m1/s1. The molecular formula is C22H19N3OS. The van der Waals surface area contributed by atoms with E-state index < -0.39 is 0 Å². The van der Waals surface area contributed by atoms with Crippen LogP contribution in [0.15, 0.2) is 78.4 Å². The van der Waals surface area contributed by atoms with Crippen LogP contribution in [0, 0.1) is 0 Å². The lowest BCUT2D eigenvalue weighted by Gasteiger charge is -2.29. The highest BCUT2D eigenvalue weighted by atomic mass is 32.1. The number of hydrogen-bond donors (Lipinski definition) is 0. The normalized spacial score (nSPS) is 12.0. The summed E-state index contributed by atoms with van der Waals surface area (Å²) in [5.41, 5.74) is 5.36. The number of amides is 1. The van der Waals surface area contributed by atoms with E-state index in [1.165, 1.54) is 0 Å². The smallest absolute Gasteiger partial charge is 0.254 e. The first-order valence-electron chi connectivity index (χ1n) is 8.81. The molecule has 4 nitrogen and oxygen atoms in total. The molecule has 0 radical (unpaired) electrons. The molecule has 4 aromatic rings. The van der Waals surface area contributed by atoms with Crippen molar-refractivity contribution < 1.29 is 4.79 Å². The number of pyridine rings is 1. The molecular weight excluding hydrogens is 354 g/mol. The number of carbonyl (C=O) groups excluding carboxylic acids is 1. The molecule has 0 bridgehead atoms. The Morgan fingerprint density at radius 2 is 1.85 bits per heavy atom. The fourth-order valence-corrected chi connectivity index (χ4v) is 3.83. The van der Waals surface area contributed by atoms with Crippen LogP contribution in [-0.2, 0) is 6.54 Å². The SMILES string of the molecule is C[C@H](c1ccccc1)N(Cc1ccccn1)C(=O)c1ccc2ncsc2c1. The number of hydrogen-bond acceptors (Lipinski definition) is 4. The largest absolute Gasteiger partial charge is 0.326 e. The Balaban J connectivity index is 1.70. The third-order valence-electron chi connectivity index (χ3n) is 4.65. The molecule has 0 aliphatic rings. The highest BCUT2D eigenvalue weighted by Gasteiger charge is 2.24. The van der Waals surface area contributed by atoms with Crippen molar-refractivity contribution in [1.29, 1.82) is 0 Å². The summed E-state index contributed by atoms with van der Waals surface area (Å²) >= 11 is 1.55. The van der Waals surface area contributed by atoms with E-state index in [0.29, 0.717) is 12.1 Å². The van der Waals surface area contributed by atoms with E-state index >= 15 is 0 Å². The van der Waals surface area contributed by atoms with Gasteiger partial charge in [0, 0.05) is 11.8 Å². The van der Waals surface area contributed by atoms with Gasteiger partial charge in [0.05, 0.1) is 34.0 Å². The molecule has 134 valence electrons. The van der Waals surface area contributed by atoms with Crippen LogP contribution in [-0.4, -0.2) is 20.8 Å². The van der Waals surface area contributed by atoms with Gasteiger partial charge in [-0.05, 0) is 42.8 Å². The van der Waals surface area contributed by atoms with Crippen molar-refractivity contribution >= 4 is 27.5 Å². The molecule has 0 spiro atoms. The summed E-state index contributed by atoms with van der Waals surface area (Å²) in [5.74, 6) is -0.00712. The van der Waals surface area contributed by atoms with Gasteiger partial charge in [-0.1, -0.05) is 36.4 Å². The molecule has 2 aromatic carbocycles. The van der Waals surface area contributed by atoms with Crippen LogP contribution in [0.5, 0.6) is 0 Å². The molecule has 2 heterocycles. The first-order valence-corrected chi connectivity index (χ1v) is 9.69. The zero-order valence-corrected chi connectivity index (χ0v) is 15.8. The summed E-state index contributed by atoms with van der Waals surface area (Å²) in [6.07, 6.45) is 1.76. The summed E-state index contributed by atoms with van der Waals surface area (Å²) in [5, 5.41) is 0. The predicted octanol–water partition coefficient (Wildman–Crippen LogP) is 5.09. The Morgan fingerprint density at radius 1 is 1.04 bits per heavy atom. The second kappa shape index (κ2) is 7.68. The van der Waals surface area contributed by atoms with E-state index in [4.69, 9.17) is 0 Å². The third-order valence-corrected chi connectivity index (χ3v) is 5.44. The number of nitrogens with zero attached hydrogens (tertiary/aromatic N) is 3. The van der Waals surface area contributed by atoms with Crippen molar-refractivity contribution in [2.45, 2.75) is 19.5 Å². The minimum Gasteiger partial charge on any atom is -0.326 e. The van der Waals surface area contributed by atoms with Crippen LogP contribution < -0.4 is 0 Å². The van der Waals surface area contributed by atoms with E-state index in [9.17, 15) is 4.79 Å². The number of benzene rings is 2. The molecule has 0 aliphatic carbocycles. The van der Waals surface area contributed by atoms with Gasteiger partial charge in [-0.2, -0.15) is 0 Å². The minimum absolute atomic E-state index is 0.00712. The number of aromatic nitrogens is 2. The second-order valence-corrected chi connectivity index (χ2v) is 7.26. The van der Waals surface area contributed by atoms with Crippen molar-refractivity contribution in [2.75, 3.05) is 0 Å². The quantitative estimate of drug-likeness (QED) is 0.489. The maximum absolute atomic E-state index is 13.4. The first kappa shape index (κ1) is 17.4. The summed E-state index contributed by atoms with van der Waals surface area (Å²) in [6, 6.07) is 21.5. The molecule has 0 N–H and O–H groups in total. The summed E-state index contributed by atoms with van der Waals surface area (Å²) in [7, 11) is 0. The maximum atomic E-state index is 13.4. The van der Waals surface area contributed by atoms with Crippen LogP contribution in [0.3, 0.4) is 0 Å². The summed E-state index contributed by atoms with van der Waals surface area (Å²) < 4.78 is 1.02. The molecule has 0 aliphatic heterocycles. The van der Waals surface area contributed by atoms with E-state index in [1.807, 2.05) is 59.5 Å². The molecule has 1 amide bonds. The Kier molecular flexibility index (Phi) is 4.94. The second-order valence-electron chi connectivity index (χ2n) is 6.38. The van der Waals surface area contributed by atoms with E-state index in [0.717, 1.165) is 21.5 Å². The van der Waals surface area contributed by atoms with E-state index in [-0.39, 0.29) is 11.9 Å². The van der Waals surface area contributed by atoms with Crippen molar-refractivity contribution in [3.8, 4) is 0 Å². The fraction of sp³-hybridized carbons (Fsp3) is 0.136. The van der Waals surface area contributed by atoms with Gasteiger partial charge in [0.2, 0.25) is 0 Å². The Bertz CT molecular complexity index is 1050. The Labute approximate surface area is 162 Å². The van der Waals surface area contributed by atoms with Gasteiger partial charge >= 0.3 is 0 Å². The van der Waals surface area contributed by atoms with Crippen LogP contribution in [0.2, 0.25) is 0 Å². The van der Waals surface area contributed by atoms with Gasteiger partial charge in [-0.15, -0.1) is 11.3 Å². The molecule has 2 aromatic heterocycles. The van der Waals surface area contributed by atoms with Crippen molar-refractivity contribution in [1.82, 2.24) is 14.9 Å². The van der Waals surface area contributed by atoms with Gasteiger partial charge in [0.1, 0.15) is 0 Å². The molecule has 0 saturated carbocycles. The molecule has 27 heavy (non-hydrogen) atoms. The third kappa shape index (κ3) is 3.73. The lowest BCUT2D eigenvalue weighted by atomic mass is 10.0. The van der Waals surface area contributed by atoms with E-state index in [1.54, 1.807) is 23.0 Å². The average molecular weight is 373 g/mol. The Hall–Kier alpha value is -3.05. The summed E-state index contributed by atoms with van der Waals surface area (Å²) in [6.45, 7) is 2.51. The monoisotopic (exact) mass is 373 g/mol. The topological polar surface area (TPSA) is 46.1 Å². The minimum atomic E-state index is -0.0714. The fourth-order valence-electron chi connectivity index (χ4n) is 3.12. The first-order chi connectivity index (χ1) is 13.2. The van der Waals surface area contributed by atoms with Gasteiger partial charge in [-0.3, -0.25) is 9.78 Å². The molecule has 4 rings (SSSR count). The van der Waals surface area contributed by atoms with Crippen LogP contribution >= 0.6 is 11.3 Å². The highest BCUT2D eigenvalue weighted by Crippen LogP contribution is 2.26.